The van der Waals surface area contributed by atoms with Crippen LogP contribution >= 0.6 is 0 Å². The molecule has 1 aromatic carbocycles. The highest BCUT2D eigenvalue weighted by Gasteiger charge is 2.32. The highest BCUT2D eigenvalue weighted by atomic mass is 14.9. The molecule has 3 aliphatic carbocycles. The second-order valence-electron chi connectivity index (χ2n) is 9.84. The fourth-order valence-electron chi connectivity index (χ4n) is 6.45. The van der Waals surface area contributed by atoms with E-state index in [1.165, 1.54) is 95.3 Å². The van der Waals surface area contributed by atoms with E-state index in [-0.39, 0.29) is 0 Å². The Bertz CT molecular complexity index is 1140. The van der Waals surface area contributed by atoms with Crippen LogP contribution in [0.2, 0.25) is 0 Å². The van der Waals surface area contributed by atoms with Gasteiger partial charge in [-0.15, -0.1) is 0 Å². The molecule has 2 heteroatoms. The van der Waals surface area contributed by atoms with Crippen LogP contribution in [0.1, 0.15) is 72.4 Å². The van der Waals surface area contributed by atoms with Crippen molar-refractivity contribution >= 4 is 0 Å². The maximum absolute atomic E-state index is 5.00. The maximum atomic E-state index is 5.00. The largest absolute Gasteiger partial charge is 0.261 e. The Morgan fingerprint density at radius 2 is 1.83 bits per heavy atom. The third-order valence-electron chi connectivity index (χ3n) is 7.97. The van der Waals surface area contributed by atoms with Crippen molar-refractivity contribution in [2.24, 2.45) is 13.0 Å². The second-order valence-corrected chi connectivity index (χ2v) is 9.84. The molecule has 0 saturated heterocycles. The third kappa shape index (κ3) is 2.84. The Morgan fingerprint density at radius 3 is 2.77 bits per heavy atom. The summed E-state index contributed by atoms with van der Waals surface area (Å²) in [5.41, 5.74) is 13.0. The van der Waals surface area contributed by atoms with Crippen molar-refractivity contribution in [2.75, 3.05) is 0 Å². The van der Waals surface area contributed by atoms with Crippen molar-refractivity contribution in [1.29, 1.82) is 0 Å². The molecule has 2 heterocycles. The van der Waals surface area contributed by atoms with Gasteiger partial charge in [0.15, 0.2) is 6.20 Å². The number of rotatable bonds is 0. The summed E-state index contributed by atoms with van der Waals surface area (Å²) in [5.74, 6) is 1.51. The average molecular weight is 396 g/mol. The van der Waals surface area contributed by atoms with E-state index >= 15 is 0 Å². The summed E-state index contributed by atoms with van der Waals surface area (Å²) < 4.78 is 2.31. The first kappa shape index (κ1) is 18.3. The van der Waals surface area contributed by atoms with Gasteiger partial charge in [0.05, 0.1) is 5.56 Å². The number of aryl methyl sites for hydroxylation is 3. The second kappa shape index (κ2) is 7.04. The molecule has 2 aromatic heterocycles. The molecule has 6 bridgehead atoms. The molecule has 6 rings (SSSR count). The van der Waals surface area contributed by atoms with Gasteiger partial charge >= 0.3 is 0 Å². The van der Waals surface area contributed by atoms with Gasteiger partial charge in [-0.1, -0.05) is 31.4 Å². The molecule has 3 aliphatic rings. The fourth-order valence-corrected chi connectivity index (χ4v) is 6.45. The smallest absolute Gasteiger partial charge is 0.213 e. The van der Waals surface area contributed by atoms with Gasteiger partial charge in [0.25, 0.3) is 0 Å². The fraction of sp³-hybridized carbons (Fsp3) is 0.429. The summed E-state index contributed by atoms with van der Waals surface area (Å²) in [6, 6.07) is 11.7. The summed E-state index contributed by atoms with van der Waals surface area (Å²) in [6.07, 6.45) is 14.7. The van der Waals surface area contributed by atoms with Crippen molar-refractivity contribution in [1.82, 2.24) is 4.98 Å². The maximum Gasteiger partial charge on any atom is 0.213 e. The van der Waals surface area contributed by atoms with Gasteiger partial charge in [-0.05, 0) is 78.0 Å². The predicted molar refractivity (Wildman–Crippen MR) is 121 cm³/mol. The zero-order valence-electron chi connectivity index (χ0n) is 18.2. The SMILES string of the molecule is Cc1ccc2c3c1-c1cc(cc[n+]1C)CCCC1CCCC(C1)c1nccc-2c1C3. The molecule has 0 radical (unpaired) electrons. The van der Waals surface area contributed by atoms with E-state index in [1.54, 1.807) is 0 Å². The summed E-state index contributed by atoms with van der Waals surface area (Å²) in [6.45, 7) is 2.28. The molecule has 2 nitrogen and oxygen atoms in total. The lowest BCUT2D eigenvalue weighted by molar-refractivity contribution is -0.660. The molecule has 2 atom stereocenters. The Balaban J connectivity index is 1.60. The Hall–Kier alpha value is -2.48. The quantitative estimate of drug-likeness (QED) is 0.331. The van der Waals surface area contributed by atoms with Crippen LogP contribution in [0.25, 0.3) is 22.4 Å². The van der Waals surface area contributed by atoms with E-state index in [4.69, 9.17) is 4.98 Å². The molecular formula is C28H31N2+. The van der Waals surface area contributed by atoms with Gasteiger partial charge in [-0.3, -0.25) is 4.98 Å². The number of hydrogen-bond donors (Lipinski definition) is 0. The number of hydrogen-bond acceptors (Lipinski definition) is 1. The molecule has 1 saturated carbocycles. The van der Waals surface area contributed by atoms with E-state index in [0.29, 0.717) is 5.92 Å². The zero-order valence-corrected chi connectivity index (χ0v) is 18.2. The first-order chi connectivity index (χ1) is 14.7. The van der Waals surface area contributed by atoms with E-state index in [9.17, 15) is 0 Å². The molecule has 1 fully saturated rings. The number of pyridine rings is 2. The lowest BCUT2D eigenvalue weighted by atomic mass is 9.76. The third-order valence-corrected chi connectivity index (χ3v) is 7.97. The Labute approximate surface area is 180 Å². The van der Waals surface area contributed by atoms with Crippen LogP contribution in [0, 0.1) is 12.8 Å². The van der Waals surface area contributed by atoms with Crippen LogP contribution in [0.5, 0.6) is 0 Å². The predicted octanol–water partition coefficient (Wildman–Crippen LogP) is 6.06. The summed E-state index contributed by atoms with van der Waals surface area (Å²) in [5, 5.41) is 0. The van der Waals surface area contributed by atoms with Gasteiger partial charge in [-0.25, -0.2) is 4.57 Å². The topological polar surface area (TPSA) is 16.8 Å². The molecule has 0 aliphatic heterocycles. The molecule has 2 unspecified atom stereocenters. The minimum Gasteiger partial charge on any atom is -0.261 e. The summed E-state index contributed by atoms with van der Waals surface area (Å²) in [4.78, 5) is 5.00. The van der Waals surface area contributed by atoms with Crippen LogP contribution in [0.3, 0.4) is 0 Å². The van der Waals surface area contributed by atoms with Crippen molar-refractivity contribution < 1.29 is 4.57 Å². The molecule has 0 spiro atoms. The van der Waals surface area contributed by atoms with Crippen LogP contribution in [-0.4, -0.2) is 4.98 Å². The molecular weight excluding hydrogens is 364 g/mol. The number of benzene rings is 1. The lowest BCUT2D eigenvalue weighted by Gasteiger charge is -2.30. The van der Waals surface area contributed by atoms with Gasteiger partial charge in [-0.2, -0.15) is 0 Å². The molecule has 0 amide bonds. The van der Waals surface area contributed by atoms with Gasteiger partial charge < -0.3 is 0 Å². The number of fused-ring (bicyclic) bond motifs is 7. The minimum atomic E-state index is 0.648. The first-order valence-electron chi connectivity index (χ1n) is 11.8. The van der Waals surface area contributed by atoms with E-state index in [2.05, 4.69) is 61.3 Å². The van der Waals surface area contributed by atoms with Crippen molar-refractivity contribution in [2.45, 2.75) is 64.2 Å². The monoisotopic (exact) mass is 395 g/mol. The highest BCUT2D eigenvalue weighted by molar-refractivity contribution is 5.85. The summed E-state index contributed by atoms with van der Waals surface area (Å²) >= 11 is 0. The number of nitrogens with zero attached hydrogens (tertiary/aromatic N) is 2. The zero-order chi connectivity index (χ0) is 20.2. The van der Waals surface area contributed by atoms with Crippen molar-refractivity contribution in [3.63, 3.8) is 0 Å². The first-order valence-corrected chi connectivity index (χ1v) is 11.8. The molecule has 3 aromatic rings. The molecule has 0 N–H and O–H groups in total. The van der Waals surface area contributed by atoms with Gasteiger partial charge in [0, 0.05) is 36.4 Å². The van der Waals surface area contributed by atoms with Crippen LogP contribution in [0.15, 0.2) is 42.7 Å². The Kier molecular flexibility index (Phi) is 4.30. The van der Waals surface area contributed by atoms with Crippen LogP contribution in [0.4, 0.5) is 0 Å². The lowest BCUT2D eigenvalue weighted by Crippen LogP contribution is -2.31. The van der Waals surface area contributed by atoms with Crippen LogP contribution < -0.4 is 4.57 Å². The van der Waals surface area contributed by atoms with Crippen molar-refractivity contribution in [3.8, 4) is 22.4 Å². The molecule has 30 heavy (non-hydrogen) atoms. The van der Waals surface area contributed by atoms with Crippen LogP contribution in [-0.2, 0) is 19.9 Å². The number of aromatic nitrogens is 2. The molecule has 152 valence electrons. The summed E-state index contributed by atoms with van der Waals surface area (Å²) in [7, 11) is 2.19. The van der Waals surface area contributed by atoms with E-state index in [0.717, 1.165) is 12.3 Å². The standard InChI is InChI=1S/C28H31N2/c1-18-9-10-22-23-11-13-29-28-21-8-4-7-19(15-21)5-3-6-20-12-14-30(2)26(16-20)27(18)24(22)17-25(23)28/h9-14,16,19,21H,3-8,15,17H2,1-2H3/q+1. The van der Waals surface area contributed by atoms with Crippen molar-refractivity contribution in [3.05, 3.63) is 70.7 Å². The van der Waals surface area contributed by atoms with E-state index < -0.39 is 0 Å². The Morgan fingerprint density at radius 1 is 0.967 bits per heavy atom. The van der Waals surface area contributed by atoms with Gasteiger partial charge in [0.2, 0.25) is 5.69 Å². The van der Waals surface area contributed by atoms with Gasteiger partial charge in [0.1, 0.15) is 7.05 Å². The average Bonchev–Trinajstić information content (AvgIpc) is 3.13. The highest BCUT2D eigenvalue weighted by Crippen LogP contribution is 2.47. The normalized spacial score (nSPS) is 21.9. The van der Waals surface area contributed by atoms with E-state index in [1.807, 2.05) is 0 Å². The minimum absolute atomic E-state index is 0.648.